The average Bonchev–Trinajstić information content (AvgIpc) is 3.44. The fourth-order valence-corrected chi connectivity index (χ4v) is 4.58. The molecule has 1 aromatic heterocycles. The summed E-state index contributed by atoms with van der Waals surface area (Å²) in [5, 5.41) is 9.66. The summed E-state index contributed by atoms with van der Waals surface area (Å²) in [7, 11) is 0. The highest BCUT2D eigenvalue weighted by Crippen LogP contribution is 2.31. The Hall–Kier alpha value is -3.37. The first-order valence-corrected chi connectivity index (χ1v) is 11.3. The van der Waals surface area contributed by atoms with Gasteiger partial charge in [-0.25, -0.2) is 13.8 Å². The van der Waals surface area contributed by atoms with Gasteiger partial charge in [0.05, 0.1) is 5.56 Å². The van der Waals surface area contributed by atoms with E-state index in [9.17, 15) is 18.4 Å². The summed E-state index contributed by atoms with van der Waals surface area (Å²) in [4.78, 5) is 29.1. The molecule has 1 fully saturated rings. The standard InChI is InChI=1S/C23H23F2N5O2S/c1-12(17-6-3-11-27-17)28-22(32)13-7-9-14(10-8-13)29-23-30-21(26)20(33-23)19(31)18-15(24)4-2-5-16(18)25/h2,4-5,7-10,12,17,27H,3,6,11,26H2,1H3,(H,28,32)(H,29,30)/t12?,17-/m1/s1. The van der Waals surface area contributed by atoms with Crippen LogP contribution < -0.4 is 21.7 Å². The number of carbonyl (C=O) groups excluding carboxylic acids is 2. The van der Waals surface area contributed by atoms with Crippen molar-refractivity contribution in [3.63, 3.8) is 0 Å². The van der Waals surface area contributed by atoms with Crippen molar-refractivity contribution in [3.8, 4) is 0 Å². The molecule has 0 saturated carbocycles. The van der Waals surface area contributed by atoms with E-state index in [1.807, 2.05) is 6.92 Å². The number of nitrogens with zero attached hydrogens (tertiary/aromatic N) is 1. The van der Waals surface area contributed by atoms with Gasteiger partial charge in [-0.2, -0.15) is 0 Å². The summed E-state index contributed by atoms with van der Waals surface area (Å²) in [6, 6.07) is 10.2. The zero-order chi connectivity index (χ0) is 23.5. The molecule has 2 aromatic carbocycles. The number of aromatic nitrogens is 1. The molecule has 5 N–H and O–H groups in total. The van der Waals surface area contributed by atoms with Gasteiger partial charge in [-0.15, -0.1) is 0 Å². The Labute approximate surface area is 193 Å². The molecule has 1 saturated heterocycles. The Kier molecular flexibility index (Phi) is 6.66. The van der Waals surface area contributed by atoms with E-state index in [0.717, 1.165) is 42.9 Å². The van der Waals surface area contributed by atoms with E-state index in [4.69, 9.17) is 5.73 Å². The van der Waals surface area contributed by atoms with E-state index in [1.165, 1.54) is 6.07 Å². The van der Waals surface area contributed by atoms with Crippen LogP contribution in [0.2, 0.25) is 0 Å². The second-order valence-corrected chi connectivity index (χ2v) is 8.83. The highest BCUT2D eigenvalue weighted by atomic mass is 32.1. The van der Waals surface area contributed by atoms with Gasteiger partial charge in [0.2, 0.25) is 5.78 Å². The second kappa shape index (κ2) is 9.63. The number of benzene rings is 2. The smallest absolute Gasteiger partial charge is 0.251 e. The minimum Gasteiger partial charge on any atom is -0.382 e. The summed E-state index contributed by atoms with van der Waals surface area (Å²) in [6.07, 6.45) is 2.14. The van der Waals surface area contributed by atoms with Gasteiger partial charge in [0.15, 0.2) is 5.13 Å². The number of amides is 1. The number of anilines is 3. The van der Waals surface area contributed by atoms with Crippen LogP contribution in [-0.4, -0.2) is 35.3 Å². The number of nitrogen functional groups attached to an aromatic ring is 1. The maximum Gasteiger partial charge on any atom is 0.251 e. The highest BCUT2D eigenvalue weighted by Gasteiger charge is 2.25. The van der Waals surface area contributed by atoms with Crippen molar-refractivity contribution in [2.45, 2.75) is 31.8 Å². The van der Waals surface area contributed by atoms with Crippen molar-refractivity contribution in [3.05, 3.63) is 70.1 Å². The van der Waals surface area contributed by atoms with Crippen LogP contribution >= 0.6 is 11.3 Å². The lowest BCUT2D eigenvalue weighted by molar-refractivity contribution is 0.0932. The number of ketones is 1. The van der Waals surface area contributed by atoms with Gasteiger partial charge in [-0.1, -0.05) is 17.4 Å². The quantitative estimate of drug-likeness (QED) is 0.390. The lowest BCUT2D eigenvalue weighted by atomic mass is 10.1. The number of thiazole rings is 1. The van der Waals surface area contributed by atoms with Crippen molar-refractivity contribution in [2.24, 2.45) is 0 Å². The average molecular weight is 472 g/mol. The van der Waals surface area contributed by atoms with Crippen LogP contribution in [0.15, 0.2) is 42.5 Å². The SMILES string of the molecule is CC(NC(=O)c1ccc(Nc2nc(N)c(C(=O)c3c(F)cccc3F)s2)cc1)[C@H]1CCCN1. The number of rotatable bonds is 7. The first-order valence-electron chi connectivity index (χ1n) is 10.5. The zero-order valence-corrected chi connectivity index (χ0v) is 18.6. The molecule has 2 atom stereocenters. The molecule has 0 radical (unpaired) electrons. The predicted molar refractivity (Wildman–Crippen MR) is 124 cm³/mol. The first-order chi connectivity index (χ1) is 15.8. The van der Waals surface area contributed by atoms with E-state index < -0.39 is 23.0 Å². The topological polar surface area (TPSA) is 109 Å². The minimum atomic E-state index is -0.964. The molecule has 2 heterocycles. The number of nitrogens with two attached hydrogens (primary N) is 1. The van der Waals surface area contributed by atoms with Crippen LogP contribution in [0.1, 0.15) is 45.4 Å². The molecule has 0 bridgehead atoms. The zero-order valence-electron chi connectivity index (χ0n) is 17.8. The van der Waals surface area contributed by atoms with Gasteiger partial charge in [-0.05, 0) is 62.7 Å². The lowest BCUT2D eigenvalue weighted by Crippen LogP contribution is -2.45. The number of hydrogen-bond donors (Lipinski definition) is 4. The molecule has 0 aliphatic carbocycles. The molecule has 1 aliphatic rings. The molecular formula is C23H23F2N5O2S. The molecule has 33 heavy (non-hydrogen) atoms. The third-order valence-corrected chi connectivity index (χ3v) is 6.49. The summed E-state index contributed by atoms with van der Waals surface area (Å²) >= 11 is 0.891. The predicted octanol–water partition coefficient (Wildman–Crippen LogP) is 3.85. The molecule has 7 nitrogen and oxygen atoms in total. The van der Waals surface area contributed by atoms with Gasteiger partial charge in [0.1, 0.15) is 22.3 Å². The number of carbonyl (C=O) groups is 2. The Bertz CT molecular complexity index is 1160. The first kappa shape index (κ1) is 22.8. The van der Waals surface area contributed by atoms with Gasteiger partial charge < -0.3 is 21.7 Å². The third-order valence-electron chi connectivity index (χ3n) is 5.51. The van der Waals surface area contributed by atoms with Crippen LogP contribution in [0.5, 0.6) is 0 Å². The van der Waals surface area contributed by atoms with Crippen LogP contribution in [0, 0.1) is 11.6 Å². The van der Waals surface area contributed by atoms with Gasteiger partial charge >= 0.3 is 0 Å². The largest absolute Gasteiger partial charge is 0.382 e. The summed E-state index contributed by atoms with van der Waals surface area (Å²) in [5.41, 5.74) is 6.28. The molecule has 10 heteroatoms. The number of hydrogen-bond acceptors (Lipinski definition) is 7. The van der Waals surface area contributed by atoms with Crippen molar-refractivity contribution in [1.82, 2.24) is 15.6 Å². The fourth-order valence-electron chi connectivity index (χ4n) is 3.73. The fraction of sp³-hybridized carbons (Fsp3) is 0.261. The Morgan fingerprint density at radius 3 is 2.52 bits per heavy atom. The number of nitrogens with one attached hydrogen (secondary N) is 3. The molecule has 4 rings (SSSR count). The highest BCUT2D eigenvalue weighted by molar-refractivity contribution is 7.18. The van der Waals surface area contributed by atoms with Crippen molar-refractivity contribution >= 4 is 39.7 Å². The van der Waals surface area contributed by atoms with E-state index in [-0.39, 0.29) is 33.8 Å². The summed E-state index contributed by atoms with van der Waals surface area (Å²) < 4.78 is 27.9. The van der Waals surface area contributed by atoms with Crippen LogP contribution in [0.4, 0.5) is 25.4 Å². The molecule has 3 aromatic rings. The molecule has 0 spiro atoms. The van der Waals surface area contributed by atoms with Crippen LogP contribution in [0.3, 0.4) is 0 Å². The van der Waals surface area contributed by atoms with E-state index in [2.05, 4.69) is 20.9 Å². The van der Waals surface area contributed by atoms with E-state index >= 15 is 0 Å². The molecular weight excluding hydrogens is 448 g/mol. The molecule has 1 unspecified atom stereocenters. The van der Waals surface area contributed by atoms with E-state index in [0.29, 0.717) is 11.3 Å². The monoisotopic (exact) mass is 471 g/mol. The minimum absolute atomic E-state index is 0.0198. The molecule has 1 amide bonds. The van der Waals surface area contributed by atoms with Gasteiger partial charge in [0, 0.05) is 23.3 Å². The normalized spacial score (nSPS) is 16.4. The van der Waals surface area contributed by atoms with Crippen molar-refractivity contribution in [2.75, 3.05) is 17.6 Å². The van der Waals surface area contributed by atoms with Gasteiger partial charge in [0.25, 0.3) is 5.91 Å². The molecule has 172 valence electrons. The Morgan fingerprint density at radius 1 is 1.18 bits per heavy atom. The third kappa shape index (κ3) is 5.01. The second-order valence-electron chi connectivity index (χ2n) is 7.83. The van der Waals surface area contributed by atoms with E-state index in [1.54, 1.807) is 24.3 Å². The van der Waals surface area contributed by atoms with Crippen LogP contribution in [0.25, 0.3) is 0 Å². The summed E-state index contributed by atoms with van der Waals surface area (Å²) in [5.74, 6) is -3.09. The van der Waals surface area contributed by atoms with Crippen molar-refractivity contribution < 1.29 is 18.4 Å². The number of halogens is 2. The Morgan fingerprint density at radius 2 is 1.88 bits per heavy atom. The summed E-state index contributed by atoms with van der Waals surface area (Å²) in [6.45, 7) is 2.95. The maximum absolute atomic E-state index is 14.0. The lowest BCUT2D eigenvalue weighted by Gasteiger charge is -2.20. The van der Waals surface area contributed by atoms with Gasteiger partial charge in [-0.3, -0.25) is 9.59 Å². The van der Waals surface area contributed by atoms with Crippen molar-refractivity contribution in [1.29, 1.82) is 0 Å². The van der Waals surface area contributed by atoms with Crippen LogP contribution in [-0.2, 0) is 0 Å². The molecule has 1 aliphatic heterocycles. The Balaban J connectivity index is 1.43. The maximum atomic E-state index is 14.0.